The molecule has 0 saturated heterocycles. The van der Waals surface area contributed by atoms with Crippen molar-refractivity contribution < 1.29 is 4.79 Å². The Balaban J connectivity index is 1.86. The van der Waals surface area contributed by atoms with Gasteiger partial charge in [-0.05, 0) is 62.0 Å². The van der Waals surface area contributed by atoms with Crippen LogP contribution >= 0.6 is 23.1 Å². The number of fused-ring (bicyclic) bond motifs is 4. The van der Waals surface area contributed by atoms with Gasteiger partial charge in [-0.2, -0.15) is 0 Å². The number of ketones is 1. The van der Waals surface area contributed by atoms with Crippen LogP contribution in [0.5, 0.6) is 0 Å². The van der Waals surface area contributed by atoms with E-state index in [2.05, 4.69) is 6.92 Å². The third-order valence-electron chi connectivity index (χ3n) is 5.68. The van der Waals surface area contributed by atoms with Crippen LogP contribution in [0.25, 0.3) is 15.1 Å². The van der Waals surface area contributed by atoms with Crippen molar-refractivity contribution in [2.45, 2.75) is 71.8 Å². The van der Waals surface area contributed by atoms with Gasteiger partial charge in [0, 0.05) is 22.7 Å². The number of aromatic nitrogens is 2. The van der Waals surface area contributed by atoms with Gasteiger partial charge >= 0.3 is 0 Å². The number of unbranched alkanes of at least 4 members (excludes halogenated alkanes) is 1. The minimum absolute atomic E-state index is 0.0706. The van der Waals surface area contributed by atoms with Crippen molar-refractivity contribution >= 4 is 44.0 Å². The molecule has 0 saturated carbocycles. The van der Waals surface area contributed by atoms with Gasteiger partial charge in [-0.3, -0.25) is 14.2 Å². The monoisotopic (exact) mass is 428 g/mol. The first-order valence-corrected chi connectivity index (χ1v) is 12.5. The Kier molecular flexibility index (Phi) is 6.40. The molecule has 0 spiro atoms. The fourth-order valence-corrected chi connectivity index (χ4v) is 6.88. The fraction of sp³-hybridized carbons (Fsp3) is 0.522. The predicted molar refractivity (Wildman–Crippen MR) is 124 cm³/mol. The summed E-state index contributed by atoms with van der Waals surface area (Å²) >= 11 is 3.55. The molecule has 0 aromatic carbocycles. The molecule has 4 rings (SSSR count). The summed E-state index contributed by atoms with van der Waals surface area (Å²) in [6, 6.07) is 0. The predicted octanol–water partition coefficient (Wildman–Crippen LogP) is 5.52. The van der Waals surface area contributed by atoms with Gasteiger partial charge in [0.05, 0.1) is 5.39 Å². The van der Waals surface area contributed by atoms with Gasteiger partial charge < -0.3 is 0 Å². The maximum atomic E-state index is 13.4. The minimum Gasteiger partial charge on any atom is -0.296 e. The normalized spacial score (nSPS) is 16.9. The minimum atomic E-state index is 0.0706. The lowest BCUT2D eigenvalue weighted by Crippen LogP contribution is -2.24. The summed E-state index contributed by atoms with van der Waals surface area (Å²) in [4.78, 5) is 33.2. The average molecular weight is 429 g/mol. The van der Waals surface area contributed by atoms with Gasteiger partial charge in [0.2, 0.25) is 0 Å². The molecule has 1 aliphatic heterocycles. The first kappa shape index (κ1) is 20.6. The number of thiophene rings is 1. The number of carbonyl (C=O) groups excluding carboxylic acids is 1. The zero-order chi connectivity index (χ0) is 20.4. The van der Waals surface area contributed by atoms with Gasteiger partial charge in [-0.25, -0.2) is 4.98 Å². The smallest absolute Gasteiger partial charge is 0.262 e. The number of thioether (sulfide) groups is 1. The number of hydrogen-bond donors (Lipinski definition) is 0. The van der Waals surface area contributed by atoms with Crippen molar-refractivity contribution in [3.63, 3.8) is 0 Å². The molecular formula is C23H28N2O2S2. The zero-order valence-electron chi connectivity index (χ0n) is 17.3. The summed E-state index contributed by atoms with van der Waals surface area (Å²) in [5, 5.41) is 0.846. The third-order valence-corrected chi connectivity index (χ3v) is 8.20. The second kappa shape index (κ2) is 9.00. The summed E-state index contributed by atoms with van der Waals surface area (Å²) in [7, 11) is 0. The first-order chi connectivity index (χ1) is 14.1. The molecular weight excluding hydrogens is 400 g/mol. The van der Waals surface area contributed by atoms with E-state index in [-0.39, 0.29) is 11.3 Å². The van der Waals surface area contributed by atoms with E-state index >= 15 is 0 Å². The summed E-state index contributed by atoms with van der Waals surface area (Å²) in [6.45, 7) is 4.59. The topological polar surface area (TPSA) is 52.0 Å². The van der Waals surface area contributed by atoms with Crippen LogP contribution in [0.2, 0.25) is 0 Å². The molecule has 4 nitrogen and oxygen atoms in total. The van der Waals surface area contributed by atoms with E-state index in [1.807, 2.05) is 22.4 Å². The molecule has 0 fully saturated rings. The Bertz CT molecular complexity index is 1060. The third kappa shape index (κ3) is 4.15. The van der Waals surface area contributed by atoms with E-state index in [1.54, 1.807) is 24.3 Å². The van der Waals surface area contributed by atoms with Crippen LogP contribution in [0.3, 0.4) is 0 Å². The van der Waals surface area contributed by atoms with Crippen molar-refractivity contribution in [2.24, 2.45) is 0 Å². The van der Waals surface area contributed by atoms with Crippen molar-refractivity contribution in [2.75, 3.05) is 5.75 Å². The number of hydrogen-bond acceptors (Lipinski definition) is 5. The summed E-state index contributed by atoms with van der Waals surface area (Å²) in [5.41, 5.74) is 2.56. The van der Waals surface area contributed by atoms with Gasteiger partial charge in [0.25, 0.3) is 5.56 Å². The molecule has 2 aromatic heterocycles. The molecule has 0 unspecified atom stereocenters. The van der Waals surface area contributed by atoms with Crippen LogP contribution in [-0.2, 0) is 24.2 Å². The van der Waals surface area contributed by atoms with Crippen LogP contribution < -0.4 is 5.56 Å². The number of nitrogens with zero attached hydrogens (tertiary/aromatic N) is 2. The number of rotatable bonds is 6. The van der Waals surface area contributed by atoms with Gasteiger partial charge in [-0.15, -0.1) is 23.1 Å². The van der Waals surface area contributed by atoms with Crippen molar-refractivity contribution in [3.05, 3.63) is 44.3 Å². The Morgan fingerprint density at radius 1 is 1.24 bits per heavy atom. The second-order valence-corrected chi connectivity index (χ2v) is 9.99. The lowest BCUT2D eigenvalue weighted by molar-refractivity contribution is -0.112. The Hall–Kier alpha value is -1.66. The fourth-order valence-electron chi connectivity index (χ4n) is 4.13. The summed E-state index contributed by atoms with van der Waals surface area (Å²) in [6.07, 6.45) is 11.9. The van der Waals surface area contributed by atoms with Crippen LogP contribution in [0.1, 0.15) is 68.6 Å². The number of carbonyl (C=O) groups is 1. The number of allylic oxidation sites excluding steroid dienone is 3. The van der Waals surface area contributed by atoms with Crippen molar-refractivity contribution in [3.8, 4) is 0 Å². The SMILES string of the molecule is CCCCSC1=C(C=CC(C)=O)CCc2c1sc1nc3n(c(=O)c21)CCCCC3. The lowest BCUT2D eigenvalue weighted by atomic mass is 9.95. The van der Waals surface area contributed by atoms with Gasteiger partial charge in [-0.1, -0.05) is 25.8 Å². The maximum absolute atomic E-state index is 13.4. The molecule has 0 radical (unpaired) electrons. The molecule has 0 atom stereocenters. The molecule has 154 valence electrons. The number of aryl methyl sites for hydroxylation is 2. The van der Waals surface area contributed by atoms with Crippen LogP contribution in [-0.4, -0.2) is 21.1 Å². The van der Waals surface area contributed by atoms with E-state index in [0.717, 1.165) is 73.3 Å². The van der Waals surface area contributed by atoms with Gasteiger partial charge in [0.1, 0.15) is 10.7 Å². The second-order valence-electron chi connectivity index (χ2n) is 7.89. The average Bonchev–Trinajstić information content (AvgIpc) is 2.90. The Morgan fingerprint density at radius 3 is 2.90 bits per heavy atom. The van der Waals surface area contributed by atoms with E-state index in [1.165, 1.54) is 27.3 Å². The van der Waals surface area contributed by atoms with Gasteiger partial charge in [0.15, 0.2) is 5.78 Å². The molecule has 2 aromatic rings. The highest BCUT2D eigenvalue weighted by Gasteiger charge is 2.27. The molecule has 1 aliphatic carbocycles. The molecule has 3 heterocycles. The van der Waals surface area contributed by atoms with E-state index < -0.39 is 0 Å². The maximum Gasteiger partial charge on any atom is 0.262 e. The van der Waals surface area contributed by atoms with E-state index in [9.17, 15) is 9.59 Å². The molecule has 0 N–H and O–H groups in total. The first-order valence-electron chi connectivity index (χ1n) is 10.7. The Morgan fingerprint density at radius 2 is 2.10 bits per heavy atom. The van der Waals surface area contributed by atoms with Crippen molar-refractivity contribution in [1.82, 2.24) is 9.55 Å². The van der Waals surface area contributed by atoms with E-state index in [4.69, 9.17) is 4.98 Å². The lowest BCUT2D eigenvalue weighted by Gasteiger charge is -2.18. The van der Waals surface area contributed by atoms with Crippen LogP contribution in [0, 0.1) is 0 Å². The standard InChI is InChI=1S/C23H28N2O2S2/c1-3-4-14-28-20-16(10-9-15(2)26)11-12-17-19-22(29-21(17)20)24-18-8-6-5-7-13-25(18)23(19)27/h9-10H,3-8,11-14H2,1-2H3. The highest BCUT2D eigenvalue weighted by atomic mass is 32.2. The highest BCUT2D eigenvalue weighted by Crippen LogP contribution is 2.46. The van der Waals surface area contributed by atoms with Crippen molar-refractivity contribution in [1.29, 1.82) is 0 Å². The highest BCUT2D eigenvalue weighted by molar-refractivity contribution is 8.08. The molecule has 29 heavy (non-hydrogen) atoms. The Labute approximate surface area is 180 Å². The van der Waals surface area contributed by atoms with E-state index in [0.29, 0.717) is 0 Å². The van der Waals surface area contributed by atoms with Crippen LogP contribution in [0.15, 0.2) is 22.5 Å². The summed E-state index contributed by atoms with van der Waals surface area (Å²) < 4.78 is 1.93. The molecule has 0 amide bonds. The quantitative estimate of drug-likeness (QED) is 0.449. The van der Waals surface area contributed by atoms with Crippen LogP contribution in [0.4, 0.5) is 0 Å². The molecule has 0 bridgehead atoms. The zero-order valence-corrected chi connectivity index (χ0v) is 18.9. The molecule has 2 aliphatic rings. The molecule has 6 heteroatoms. The largest absolute Gasteiger partial charge is 0.296 e. The summed E-state index contributed by atoms with van der Waals surface area (Å²) in [5.74, 6) is 2.08.